The van der Waals surface area contributed by atoms with E-state index in [0.29, 0.717) is 24.4 Å². The van der Waals surface area contributed by atoms with Crippen LogP contribution in [0.5, 0.6) is 5.75 Å². The average molecular weight is 538 g/mol. The van der Waals surface area contributed by atoms with E-state index in [0.717, 1.165) is 15.4 Å². The van der Waals surface area contributed by atoms with Gasteiger partial charge in [0.2, 0.25) is 11.8 Å². The van der Waals surface area contributed by atoms with Crippen LogP contribution in [-0.4, -0.2) is 51.4 Å². The molecule has 3 aromatic rings. The minimum atomic E-state index is -4.08. The molecule has 0 spiro atoms. The van der Waals surface area contributed by atoms with Gasteiger partial charge in [0.15, 0.2) is 0 Å². The Morgan fingerprint density at radius 3 is 2.24 bits per heavy atom. The monoisotopic (exact) mass is 537 g/mol. The number of methoxy groups -OCH3 is 1. The maximum Gasteiger partial charge on any atom is 0.264 e. The first-order valence-electron chi connectivity index (χ1n) is 12.6. The predicted octanol–water partition coefficient (Wildman–Crippen LogP) is 4.14. The number of carbonyl (C=O) groups excluding carboxylic acids is 2. The van der Waals surface area contributed by atoms with Crippen LogP contribution >= 0.6 is 0 Å². The summed E-state index contributed by atoms with van der Waals surface area (Å²) in [5.74, 6) is -0.168. The van der Waals surface area contributed by atoms with Gasteiger partial charge in [0, 0.05) is 13.1 Å². The molecule has 0 radical (unpaired) electrons. The van der Waals surface area contributed by atoms with E-state index >= 15 is 0 Å². The van der Waals surface area contributed by atoms with E-state index in [1.807, 2.05) is 32.9 Å². The molecule has 0 saturated carbocycles. The molecule has 9 heteroatoms. The largest absolute Gasteiger partial charge is 0.497 e. The molecule has 0 heterocycles. The van der Waals surface area contributed by atoms with Crippen molar-refractivity contribution in [3.63, 3.8) is 0 Å². The third-order valence-electron chi connectivity index (χ3n) is 6.16. The summed E-state index contributed by atoms with van der Waals surface area (Å²) in [6.07, 6.45) is 0.359. The second-order valence-electron chi connectivity index (χ2n) is 8.85. The van der Waals surface area contributed by atoms with Crippen LogP contribution < -0.4 is 14.4 Å². The number of nitrogens with one attached hydrogen (secondary N) is 1. The van der Waals surface area contributed by atoms with Crippen molar-refractivity contribution in [2.45, 2.75) is 44.7 Å². The lowest BCUT2D eigenvalue weighted by Crippen LogP contribution is -2.52. The number of sulfonamides is 1. The van der Waals surface area contributed by atoms with E-state index in [1.165, 1.54) is 17.0 Å². The van der Waals surface area contributed by atoms with Gasteiger partial charge in [-0.2, -0.15) is 0 Å². The van der Waals surface area contributed by atoms with Crippen LogP contribution in [0.4, 0.5) is 5.69 Å². The van der Waals surface area contributed by atoms with E-state index in [9.17, 15) is 18.0 Å². The van der Waals surface area contributed by atoms with Crippen LogP contribution in [-0.2, 0) is 26.2 Å². The summed E-state index contributed by atoms with van der Waals surface area (Å²) in [5, 5.41) is 2.80. The van der Waals surface area contributed by atoms with Crippen LogP contribution in [0.15, 0.2) is 83.8 Å². The van der Waals surface area contributed by atoms with Gasteiger partial charge in [-0.05, 0) is 62.2 Å². The summed E-state index contributed by atoms with van der Waals surface area (Å²) < 4.78 is 33.9. The van der Waals surface area contributed by atoms with Gasteiger partial charge in [0.05, 0.1) is 17.7 Å². The third kappa shape index (κ3) is 6.92. The molecule has 0 aliphatic rings. The van der Waals surface area contributed by atoms with Crippen molar-refractivity contribution in [2.75, 3.05) is 24.5 Å². The number of hydrogen-bond donors (Lipinski definition) is 1. The Hall–Kier alpha value is -3.85. The standard InChI is InChI=1S/C29H35N3O5S/c1-5-27(29(34)30-6-2)31(20-23-11-10-12-25(19-23)37-4)28(33)21-32(24-17-15-22(3)16-18-24)38(35,36)26-13-8-7-9-14-26/h7-19,27H,5-6,20-21H2,1-4H3,(H,30,34)/t27-/m1/s1. The fraction of sp³-hybridized carbons (Fsp3) is 0.310. The SMILES string of the molecule is CCNC(=O)[C@@H](CC)N(Cc1cccc(OC)c1)C(=O)CN(c1ccc(C)cc1)S(=O)(=O)c1ccccc1. The first kappa shape index (κ1) is 28.7. The maximum absolute atomic E-state index is 13.9. The Morgan fingerprint density at radius 2 is 1.63 bits per heavy atom. The molecule has 0 bridgehead atoms. The molecular formula is C29H35N3O5S. The average Bonchev–Trinajstić information content (AvgIpc) is 2.92. The van der Waals surface area contributed by atoms with Gasteiger partial charge >= 0.3 is 0 Å². The fourth-order valence-corrected chi connectivity index (χ4v) is 5.57. The third-order valence-corrected chi connectivity index (χ3v) is 7.94. The molecule has 1 N–H and O–H groups in total. The van der Waals surface area contributed by atoms with Gasteiger partial charge in [-0.1, -0.05) is 55.0 Å². The molecule has 3 aromatic carbocycles. The number of rotatable bonds is 12. The smallest absolute Gasteiger partial charge is 0.264 e. The second-order valence-corrected chi connectivity index (χ2v) is 10.7. The molecule has 3 rings (SSSR count). The fourth-order valence-electron chi connectivity index (χ4n) is 4.14. The highest BCUT2D eigenvalue weighted by Gasteiger charge is 2.33. The van der Waals surface area contributed by atoms with E-state index in [2.05, 4.69) is 5.32 Å². The molecule has 0 aliphatic heterocycles. The Bertz CT molecular complexity index is 1330. The predicted molar refractivity (Wildman–Crippen MR) is 148 cm³/mol. The van der Waals surface area contributed by atoms with Gasteiger partial charge in [-0.25, -0.2) is 8.42 Å². The van der Waals surface area contributed by atoms with Crippen LogP contribution in [0.2, 0.25) is 0 Å². The first-order chi connectivity index (χ1) is 18.2. The molecule has 0 aliphatic carbocycles. The summed E-state index contributed by atoms with van der Waals surface area (Å²) in [6.45, 7) is 5.58. The molecule has 0 saturated heterocycles. The van der Waals surface area contributed by atoms with Gasteiger partial charge < -0.3 is 15.0 Å². The number of benzene rings is 3. The zero-order valence-electron chi connectivity index (χ0n) is 22.3. The zero-order chi connectivity index (χ0) is 27.7. The van der Waals surface area contributed by atoms with Gasteiger partial charge in [-0.3, -0.25) is 13.9 Å². The van der Waals surface area contributed by atoms with Crippen molar-refractivity contribution in [2.24, 2.45) is 0 Å². The molecule has 1 atom stereocenters. The normalized spacial score (nSPS) is 11.9. The van der Waals surface area contributed by atoms with Crippen molar-refractivity contribution in [3.8, 4) is 5.75 Å². The van der Waals surface area contributed by atoms with Gasteiger partial charge in [0.1, 0.15) is 18.3 Å². The maximum atomic E-state index is 13.9. The lowest BCUT2D eigenvalue weighted by atomic mass is 10.1. The molecule has 8 nitrogen and oxygen atoms in total. The van der Waals surface area contributed by atoms with Crippen LogP contribution in [0, 0.1) is 6.92 Å². The zero-order valence-corrected chi connectivity index (χ0v) is 23.1. The lowest BCUT2D eigenvalue weighted by Gasteiger charge is -2.33. The van der Waals surface area contributed by atoms with Crippen molar-refractivity contribution < 1.29 is 22.7 Å². The lowest BCUT2D eigenvalue weighted by molar-refractivity contribution is -0.140. The Kier molecular flexibility index (Phi) is 9.90. The molecule has 0 unspecified atom stereocenters. The summed E-state index contributed by atoms with van der Waals surface area (Å²) in [7, 11) is -2.52. The quantitative estimate of drug-likeness (QED) is 0.375. The van der Waals surface area contributed by atoms with Gasteiger partial charge in [-0.15, -0.1) is 0 Å². The summed E-state index contributed by atoms with van der Waals surface area (Å²) in [5.41, 5.74) is 2.08. The van der Waals surface area contributed by atoms with E-state index in [-0.39, 0.29) is 17.3 Å². The summed E-state index contributed by atoms with van der Waals surface area (Å²) in [6, 6.07) is 21.4. The summed E-state index contributed by atoms with van der Waals surface area (Å²) in [4.78, 5) is 28.5. The number of aryl methyl sites for hydroxylation is 1. The van der Waals surface area contributed by atoms with E-state index < -0.39 is 28.5 Å². The number of likely N-dealkylation sites (N-methyl/N-ethyl adjacent to an activating group) is 1. The minimum Gasteiger partial charge on any atom is -0.497 e. The topological polar surface area (TPSA) is 96.0 Å². The molecule has 38 heavy (non-hydrogen) atoms. The molecule has 0 aromatic heterocycles. The number of ether oxygens (including phenoxy) is 1. The highest BCUT2D eigenvalue weighted by molar-refractivity contribution is 7.92. The van der Waals surface area contributed by atoms with Crippen LogP contribution in [0.1, 0.15) is 31.4 Å². The number of anilines is 1. The molecule has 2 amide bonds. The van der Waals surface area contributed by atoms with Crippen molar-refractivity contribution in [1.82, 2.24) is 10.2 Å². The van der Waals surface area contributed by atoms with Crippen molar-refractivity contribution in [3.05, 3.63) is 90.0 Å². The molecular weight excluding hydrogens is 502 g/mol. The Morgan fingerprint density at radius 1 is 0.947 bits per heavy atom. The number of carbonyl (C=O) groups is 2. The number of hydrogen-bond acceptors (Lipinski definition) is 5. The minimum absolute atomic E-state index is 0.0727. The number of amides is 2. The molecule has 0 fully saturated rings. The summed E-state index contributed by atoms with van der Waals surface area (Å²) >= 11 is 0. The number of nitrogens with zero attached hydrogens (tertiary/aromatic N) is 2. The Labute approximate surface area is 225 Å². The van der Waals surface area contributed by atoms with Crippen molar-refractivity contribution in [1.29, 1.82) is 0 Å². The highest BCUT2D eigenvalue weighted by Crippen LogP contribution is 2.25. The van der Waals surface area contributed by atoms with Crippen molar-refractivity contribution >= 4 is 27.5 Å². The second kappa shape index (κ2) is 13.1. The first-order valence-corrected chi connectivity index (χ1v) is 14.0. The van der Waals surface area contributed by atoms with E-state index in [4.69, 9.17) is 4.74 Å². The van der Waals surface area contributed by atoms with Crippen LogP contribution in [0.3, 0.4) is 0 Å². The van der Waals surface area contributed by atoms with E-state index in [1.54, 1.807) is 61.7 Å². The van der Waals surface area contributed by atoms with Crippen LogP contribution in [0.25, 0.3) is 0 Å². The Balaban J connectivity index is 2.05. The van der Waals surface area contributed by atoms with Gasteiger partial charge in [0.25, 0.3) is 10.0 Å². The molecule has 202 valence electrons. The highest BCUT2D eigenvalue weighted by atomic mass is 32.2.